The van der Waals surface area contributed by atoms with Crippen LogP contribution in [0.2, 0.25) is 0 Å². The summed E-state index contributed by atoms with van der Waals surface area (Å²) in [5.41, 5.74) is 1.23. The molecule has 72 valence electrons. The van der Waals surface area contributed by atoms with E-state index in [-0.39, 0.29) is 12.2 Å². The van der Waals surface area contributed by atoms with Gasteiger partial charge in [0.2, 0.25) is 0 Å². The van der Waals surface area contributed by atoms with Crippen molar-refractivity contribution in [3.05, 3.63) is 35.9 Å². The summed E-state index contributed by atoms with van der Waals surface area (Å²) < 4.78 is 5.74. The smallest absolute Gasteiger partial charge is 0.0925 e. The van der Waals surface area contributed by atoms with Gasteiger partial charge in [0.05, 0.1) is 12.2 Å². The van der Waals surface area contributed by atoms with Crippen LogP contribution in [0.25, 0.3) is 0 Å². The summed E-state index contributed by atoms with van der Waals surface area (Å²) >= 11 is 3.46. The predicted molar refractivity (Wildman–Crippen MR) is 59.2 cm³/mol. The third kappa shape index (κ3) is 3.49. The van der Waals surface area contributed by atoms with Crippen molar-refractivity contribution < 1.29 is 4.74 Å². The minimum Gasteiger partial charge on any atom is -0.370 e. The molecule has 0 heterocycles. The number of ether oxygens (including phenoxy) is 1. The molecule has 0 saturated carbocycles. The molecule has 0 saturated heterocycles. The standard InChI is InChI=1S/C11H15BrO/c1-9(2)13-11(8-12)10-6-4-3-5-7-10/h3-7,9,11H,8H2,1-2H3/t11-/m0/s1. The number of alkyl halides is 1. The molecule has 13 heavy (non-hydrogen) atoms. The molecule has 1 aromatic carbocycles. The van der Waals surface area contributed by atoms with Crippen molar-refractivity contribution in [1.82, 2.24) is 0 Å². The summed E-state index contributed by atoms with van der Waals surface area (Å²) in [5.74, 6) is 0. The Bertz CT molecular complexity index is 233. The Labute approximate surface area is 88.2 Å². The first-order chi connectivity index (χ1) is 6.24. The Morgan fingerprint density at radius 2 is 1.85 bits per heavy atom. The van der Waals surface area contributed by atoms with Crippen LogP contribution in [-0.2, 0) is 4.74 Å². The van der Waals surface area contributed by atoms with Crippen LogP contribution in [0.4, 0.5) is 0 Å². The molecule has 1 aromatic rings. The van der Waals surface area contributed by atoms with Gasteiger partial charge in [0.15, 0.2) is 0 Å². The monoisotopic (exact) mass is 242 g/mol. The van der Waals surface area contributed by atoms with Crippen LogP contribution in [0.5, 0.6) is 0 Å². The molecule has 1 rings (SSSR count). The van der Waals surface area contributed by atoms with Crippen LogP contribution in [0.3, 0.4) is 0 Å². The SMILES string of the molecule is CC(C)O[C@@H](CBr)c1ccccc1. The Morgan fingerprint density at radius 3 is 2.31 bits per heavy atom. The molecule has 0 spiro atoms. The van der Waals surface area contributed by atoms with E-state index < -0.39 is 0 Å². The van der Waals surface area contributed by atoms with E-state index in [2.05, 4.69) is 41.9 Å². The average Bonchev–Trinajstić information content (AvgIpc) is 2.15. The molecule has 2 heteroatoms. The van der Waals surface area contributed by atoms with Gasteiger partial charge >= 0.3 is 0 Å². The van der Waals surface area contributed by atoms with Crippen molar-refractivity contribution in [3.63, 3.8) is 0 Å². The van der Waals surface area contributed by atoms with E-state index in [1.54, 1.807) is 0 Å². The highest BCUT2D eigenvalue weighted by atomic mass is 79.9. The maximum atomic E-state index is 5.74. The Morgan fingerprint density at radius 1 is 1.23 bits per heavy atom. The number of rotatable bonds is 4. The van der Waals surface area contributed by atoms with Crippen molar-refractivity contribution >= 4 is 15.9 Å². The van der Waals surface area contributed by atoms with E-state index in [4.69, 9.17) is 4.74 Å². The van der Waals surface area contributed by atoms with E-state index in [0.29, 0.717) is 0 Å². The lowest BCUT2D eigenvalue weighted by molar-refractivity contribution is 0.0214. The molecular formula is C11H15BrO. The van der Waals surface area contributed by atoms with Crippen LogP contribution in [0.15, 0.2) is 30.3 Å². The molecule has 0 fully saturated rings. The van der Waals surface area contributed by atoms with Gasteiger partial charge in [0.1, 0.15) is 0 Å². The molecule has 0 aliphatic heterocycles. The van der Waals surface area contributed by atoms with Crippen molar-refractivity contribution in [2.75, 3.05) is 5.33 Å². The molecule has 1 nitrogen and oxygen atoms in total. The quantitative estimate of drug-likeness (QED) is 0.735. The Hall–Kier alpha value is -0.340. The first-order valence-electron chi connectivity index (χ1n) is 4.50. The first kappa shape index (κ1) is 10.7. The molecule has 0 aromatic heterocycles. The summed E-state index contributed by atoms with van der Waals surface area (Å²) in [4.78, 5) is 0. The van der Waals surface area contributed by atoms with Crippen LogP contribution in [0.1, 0.15) is 25.5 Å². The first-order valence-corrected chi connectivity index (χ1v) is 5.62. The van der Waals surface area contributed by atoms with Crippen LogP contribution in [0, 0.1) is 0 Å². The molecule has 0 aliphatic rings. The zero-order chi connectivity index (χ0) is 9.68. The summed E-state index contributed by atoms with van der Waals surface area (Å²) in [6.45, 7) is 4.11. The maximum Gasteiger partial charge on any atom is 0.0925 e. The van der Waals surface area contributed by atoms with Crippen LogP contribution >= 0.6 is 15.9 Å². The van der Waals surface area contributed by atoms with Gasteiger partial charge in [-0.15, -0.1) is 0 Å². The fraction of sp³-hybridized carbons (Fsp3) is 0.455. The largest absolute Gasteiger partial charge is 0.370 e. The van der Waals surface area contributed by atoms with E-state index in [0.717, 1.165) is 5.33 Å². The van der Waals surface area contributed by atoms with E-state index >= 15 is 0 Å². The van der Waals surface area contributed by atoms with Crippen molar-refractivity contribution in [2.45, 2.75) is 26.1 Å². The second kappa shape index (κ2) is 5.40. The summed E-state index contributed by atoms with van der Waals surface area (Å²) in [5, 5.41) is 0.842. The van der Waals surface area contributed by atoms with Gasteiger partial charge in [-0.3, -0.25) is 0 Å². The lowest BCUT2D eigenvalue weighted by Gasteiger charge is -2.18. The van der Waals surface area contributed by atoms with Crippen molar-refractivity contribution in [3.8, 4) is 0 Å². The normalized spacial score (nSPS) is 13.2. The molecule has 0 aliphatic carbocycles. The number of hydrogen-bond acceptors (Lipinski definition) is 1. The number of halogens is 1. The highest BCUT2D eigenvalue weighted by molar-refractivity contribution is 9.09. The fourth-order valence-corrected chi connectivity index (χ4v) is 1.73. The Kier molecular flexibility index (Phi) is 4.46. The third-order valence-electron chi connectivity index (χ3n) is 1.75. The van der Waals surface area contributed by atoms with Gasteiger partial charge in [-0.25, -0.2) is 0 Å². The van der Waals surface area contributed by atoms with Crippen molar-refractivity contribution in [2.24, 2.45) is 0 Å². The minimum absolute atomic E-state index is 0.168. The van der Waals surface area contributed by atoms with Gasteiger partial charge in [-0.1, -0.05) is 46.3 Å². The van der Waals surface area contributed by atoms with Gasteiger partial charge in [0, 0.05) is 5.33 Å². The van der Waals surface area contributed by atoms with Gasteiger partial charge in [-0.05, 0) is 19.4 Å². The van der Waals surface area contributed by atoms with Crippen LogP contribution < -0.4 is 0 Å². The second-order valence-electron chi connectivity index (χ2n) is 3.24. The summed E-state index contributed by atoms with van der Waals surface area (Å²) in [6, 6.07) is 10.3. The second-order valence-corrected chi connectivity index (χ2v) is 3.89. The average molecular weight is 243 g/mol. The molecule has 1 atom stereocenters. The lowest BCUT2D eigenvalue weighted by atomic mass is 10.1. The van der Waals surface area contributed by atoms with Crippen LogP contribution in [-0.4, -0.2) is 11.4 Å². The highest BCUT2D eigenvalue weighted by Gasteiger charge is 2.10. The van der Waals surface area contributed by atoms with E-state index in [9.17, 15) is 0 Å². The van der Waals surface area contributed by atoms with E-state index in [1.165, 1.54) is 5.56 Å². The zero-order valence-electron chi connectivity index (χ0n) is 8.03. The lowest BCUT2D eigenvalue weighted by Crippen LogP contribution is -2.11. The highest BCUT2D eigenvalue weighted by Crippen LogP contribution is 2.20. The van der Waals surface area contributed by atoms with Gasteiger partial charge in [0.25, 0.3) is 0 Å². The molecule has 0 bridgehead atoms. The molecule has 0 unspecified atom stereocenters. The van der Waals surface area contributed by atoms with E-state index in [1.807, 2.05) is 18.2 Å². The predicted octanol–water partition coefficient (Wildman–Crippen LogP) is 3.55. The van der Waals surface area contributed by atoms with Gasteiger partial charge < -0.3 is 4.74 Å². The fourth-order valence-electron chi connectivity index (χ4n) is 1.20. The molecule has 0 radical (unpaired) electrons. The maximum absolute atomic E-state index is 5.74. The Balaban J connectivity index is 2.67. The topological polar surface area (TPSA) is 9.23 Å². The van der Waals surface area contributed by atoms with Crippen molar-refractivity contribution in [1.29, 1.82) is 0 Å². The molecule has 0 amide bonds. The zero-order valence-corrected chi connectivity index (χ0v) is 9.62. The minimum atomic E-state index is 0.168. The number of benzene rings is 1. The summed E-state index contributed by atoms with van der Waals surface area (Å²) in [7, 11) is 0. The van der Waals surface area contributed by atoms with Gasteiger partial charge in [-0.2, -0.15) is 0 Å². The molecule has 0 N–H and O–H groups in total. The third-order valence-corrected chi connectivity index (χ3v) is 2.34. The molecular weight excluding hydrogens is 228 g/mol. The number of hydrogen-bond donors (Lipinski definition) is 0. The summed E-state index contributed by atoms with van der Waals surface area (Å²) in [6.07, 6.45) is 0.434.